The molecule has 0 radical (unpaired) electrons. The number of nitrogen functional groups attached to an aromatic ring is 1. The Balaban J connectivity index is 1.56. The van der Waals surface area contributed by atoms with Gasteiger partial charge in [-0.1, -0.05) is 18.2 Å². The molecule has 0 spiro atoms. The van der Waals surface area contributed by atoms with E-state index >= 15 is 0 Å². The molecule has 1 atom stereocenters. The first kappa shape index (κ1) is 19.1. The second-order valence-corrected chi connectivity index (χ2v) is 8.30. The molecule has 6 nitrogen and oxygen atoms in total. The number of nitrogens with one attached hydrogen (secondary N) is 1. The highest BCUT2D eigenvalue weighted by molar-refractivity contribution is 9.10. The van der Waals surface area contributed by atoms with Crippen molar-refractivity contribution in [1.29, 1.82) is 0 Å². The van der Waals surface area contributed by atoms with Crippen molar-refractivity contribution in [2.75, 3.05) is 18.8 Å². The summed E-state index contributed by atoms with van der Waals surface area (Å²) in [5, 5.41) is 9.36. The van der Waals surface area contributed by atoms with Crippen LogP contribution in [-0.4, -0.2) is 27.9 Å². The smallest absolute Gasteiger partial charge is 0.135 e. The van der Waals surface area contributed by atoms with Crippen molar-refractivity contribution in [1.82, 2.24) is 20.1 Å². The van der Waals surface area contributed by atoms with Gasteiger partial charge in [-0.15, -0.1) is 0 Å². The van der Waals surface area contributed by atoms with Crippen molar-refractivity contribution in [2.24, 2.45) is 0 Å². The highest BCUT2D eigenvalue weighted by Gasteiger charge is 2.24. The second kappa shape index (κ2) is 8.08. The van der Waals surface area contributed by atoms with E-state index < -0.39 is 0 Å². The van der Waals surface area contributed by atoms with Gasteiger partial charge in [-0.05, 0) is 71.7 Å². The Kier molecular flexibility index (Phi) is 5.14. The molecule has 2 aromatic carbocycles. The van der Waals surface area contributed by atoms with Gasteiger partial charge in [-0.2, -0.15) is 5.10 Å². The van der Waals surface area contributed by atoms with Crippen molar-refractivity contribution in [3.63, 3.8) is 0 Å². The number of rotatable bonds is 4. The number of hydrogen-bond acceptors (Lipinski definition) is 5. The molecule has 30 heavy (non-hydrogen) atoms. The number of ether oxygens (including phenoxy) is 1. The van der Waals surface area contributed by atoms with Crippen molar-refractivity contribution in [2.45, 2.75) is 18.9 Å². The maximum atomic E-state index is 6.31. The number of halogens is 1. The molecule has 0 bridgehead atoms. The summed E-state index contributed by atoms with van der Waals surface area (Å²) in [5.41, 5.74) is 9.13. The molecule has 1 saturated heterocycles. The van der Waals surface area contributed by atoms with Gasteiger partial charge in [0.1, 0.15) is 23.0 Å². The van der Waals surface area contributed by atoms with Crippen molar-refractivity contribution in [3.8, 4) is 22.8 Å². The predicted octanol–water partition coefficient (Wildman–Crippen LogP) is 5.16. The zero-order valence-electron chi connectivity index (χ0n) is 16.4. The van der Waals surface area contributed by atoms with Crippen LogP contribution in [0, 0.1) is 0 Å². The highest BCUT2D eigenvalue weighted by atomic mass is 79.9. The van der Waals surface area contributed by atoms with E-state index in [9.17, 15) is 0 Å². The number of piperidine rings is 1. The summed E-state index contributed by atoms with van der Waals surface area (Å²) in [6, 6.07) is 18.0. The number of fused-ring (bicyclic) bond motifs is 1. The number of pyridine rings is 1. The van der Waals surface area contributed by atoms with E-state index in [-0.39, 0.29) is 6.04 Å². The van der Waals surface area contributed by atoms with Crippen molar-refractivity contribution >= 4 is 32.7 Å². The van der Waals surface area contributed by atoms with E-state index in [0.717, 1.165) is 64.1 Å². The van der Waals surface area contributed by atoms with Crippen LogP contribution in [0.15, 0.2) is 65.3 Å². The van der Waals surface area contributed by atoms with Gasteiger partial charge < -0.3 is 15.8 Å². The summed E-state index contributed by atoms with van der Waals surface area (Å²) < 4.78 is 8.93. The maximum absolute atomic E-state index is 6.31. The van der Waals surface area contributed by atoms with E-state index in [1.165, 1.54) is 0 Å². The fraction of sp³-hybridized carbons (Fsp3) is 0.217. The van der Waals surface area contributed by atoms with Crippen LogP contribution in [-0.2, 0) is 0 Å². The Morgan fingerprint density at radius 3 is 2.57 bits per heavy atom. The first-order chi connectivity index (χ1) is 14.7. The molecular formula is C23H22BrN5O. The molecule has 4 aromatic rings. The number of aromatic nitrogens is 3. The van der Waals surface area contributed by atoms with Crippen LogP contribution < -0.4 is 15.8 Å². The first-order valence-corrected chi connectivity index (χ1v) is 10.9. The normalized spacial score (nSPS) is 16.6. The molecule has 0 aliphatic carbocycles. The molecule has 2 aromatic heterocycles. The van der Waals surface area contributed by atoms with E-state index in [4.69, 9.17) is 15.6 Å². The fourth-order valence-electron chi connectivity index (χ4n) is 3.97. The number of anilines is 1. The van der Waals surface area contributed by atoms with Gasteiger partial charge in [0.2, 0.25) is 0 Å². The average Bonchev–Trinajstić information content (AvgIpc) is 3.20. The number of nitrogens with two attached hydrogens (primary N) is 1. The monoisotopic (exact) mass is 463 g/mol. The molecule has 7 heteroatoms. The third-order valence-electron chi connectivity index (χ3n) is 5.43. The zero-order valence-corrected chi connectivity index (χ0v) is 18.0. The standard InChI is InChI=1S/C23H22BrN5O/c24-19-14-27-23(25)20-21(28-29(22(19)20)16-5-4-12-26-13-16)15-8-10-18(11-9-15)30-17-6-2-1-3-7-17/h1-3,6-11,14,16,26H,4-5,12-13H2,(H2,25,27). The number of nitrogens with zero attached hydrogens (tertiary/aromatic N) is 3. The molecule has 3 N–H and O–H groups in total. The van der Waals surface area contributed by atoms with Gasteiger partial charge in [0.25, 0.3) is 0 Å². The fourth-order valence-corrected chi connectivity index (χ4v) is 4.45. The molecule has 3 heterocycles. The SMILES string of the molecule is Nc1ncc(Br)c2c1c(-c1ccc(Oc3ccccc3)cc1)nn2C1CCCNC1. The van der Waals surface area contributed by atoms with Gasteiger partial charge in [-0.3, -0.25) is 4.68 Å². The van der Waals surface area contributed by atoms with E-state index in [1.807, 2.05) is 54.6 Å². The van der Waals surface area contributed by atoms with Crippen LogP contribution in [0.25, 0.3) is 22.2 Å². The molecule has 1 fully saturated rings. The topological polar surface area (TPSA) is 78.0 Å². The van der Waals surface area contributed by atoms with Gasteiger partial charge >= 0.3 is 0 Å². The van der Waals surface area contributed by atoms with Crippen molar-refractivity contribution < 1.29 is 4.74 Å². The summed E-state index contributed by atoms with van der Waals surface area (Å²) in [5.74, 6) is 2.07. The largest absolute Gasteiger partial charge is 0.457 e. The molecule has 152 valence electrons. The molecule has 5 rings (SSSR count). The van der Waals surface area contributed by atoms with Crippen LogP contribution in [0.4, 0.5) is 5.82 Å². The molecular weight excluding hydrogens is 442 g/mol. The lowest BCUT2D eigenvalue weighted by atomic mass is 10.1. The van der Waals surface area contributed by atoms with E-state index in [0.29, 0.717) is 5.82 Å². The van der Waals surface area contributed by atoms with Crippen molar-refractivity contribution in [3.05, 3.63) is 65.3 Å². The summed E-state index contributed by atoms with van der Waals surface area (Å²) in [4.78, 5) is 4.36. The maximum Gasteiger partial charge on any atom is 0.135 e. The second-order valence-electron chi connectivity index (χ2n) is 7.45. The Bertz CT molecular complexity index is 1170. The predicted molar refractivity (Wildman–Crippen MR) is 123 cm³/mol. The zero-order chi connectivity index (χ0) is 20.5. The Hall–Kier alpha value is -2.90. The minimum Gasteiger partial charge on any atom is -0.457 e. The number of hydrogen-bond donors (Lipinski definition) is 2. The molecule has 0 saturated carbocycles. The molecule has 1 aliphatic rings. The summed E-state index contributed by atoms with van der Waals surface area (Å²) in [6.07, 6.45) is 3.97. The number of para-hydroxylation sites is 1. The molecule has 1 aliphatic heterocycles. The average molecular weight is 464 g/mol. The quantitative estimate of drug-likeness (QED) is 0.436. The number of benzene rings is 2. The first-order valence-electron chi connectivity index (χ1n) is 10.1. The molecule has 0 amide bonds. The van der Waals surface area contributed by atoms with E-state index in [2.05, 4.69) is 30.9 Å². The third kappa shape index (κ3) is 3.55. The van der Waals surface area contributed by atoms with Crippen LogP contribution in [0.3, 0.4) is 0 Å². The van der Waals surface area contributed by atoms with E-state index in [1.54, 1.807) is 6.20 Å². The van der Waals surface area contributed by atoms with Crippen LogP contribution in [0.1, 0.15) is 18.9 Å². The highest BCUT2D eigenvalue weighted by Crippen LogP contribution is 2.38. The van der Waals surface area contributed by atoms with Gasteiger partial charge in [0, 0.05) is 18.3 Å². The summed E-state index contributed by atoms with van der Waals surface area (Å²) >= 11 is 3.66. The lowest BCUT2D eigenvalue weighted by molar-refractivity contribution is 0.355. The summed E-state index contributed by atoms with van der Waals surface area (Å²) in [6.45, 7) is 1.95. The van der Waals surface area contributed by atoms with Crippen LogP contribution in [0.5, 0.6) is 11.5 Å². The third-order valence-corrected chi connectivity index (χ3v) is 6.01. The Morgan fingerprint density at radius 1 is 1.07 bits per heavy atom. The molecule has 1 unspecified atom stereocenters. The van der Waals surface area contributed by atoms with Crippen LogP contribution in [0.2, 0.25) is 0 Å². The van der Waals surface area contributed by atoms with Gasteiger partial charge in [0.15, 0.2) is 0 Å². The van der Waals surface area contributed by atoms with Gasteiger partial charge in [0.05, 0.1) is 21.4 Å². The lowest BCUT2D eigenvalue weighted by Gasteiger charge is -2.24. The minimum absolute atomic E-state index is 0.286. The summed E-state index contributed by atoms with van der Waals surface area (Å²) in [7, 11) is 0. The Morgan fingerprint density at radius 2 is 1.83 bits per heavy atom. The van der Waals surface area contributed by atoms with Crippen LogP contribution >= 0.6 is 15.9 Å². The minimum atomic E-state index is 0.286. The van der Waals surface area contributed by atoms with Gasteiger partial charge in [-0.25, -0.2) is 4.98 Å². The Labute approximate surface area is 183 Å². The lowest BCUT2D eigenvalue weighted by Crippen LogP contribution is -2.32.